The maximum Gasteiger partial charge on any atom is 0.111 e. The van der Waals surface area contributed by atoms with Crippen LogP contribution in [0.1, 0.15) is 17.0 Å². The van der Waals surface area contributed by atoms with Gasteiger partial charge in [0.2, 0.25) is 0 Å². The van der Waals surface area contributed by atoms with Crippen LogP contribution in [-0.2, 0) is 6.42 Å². The minimum absolute atomic E-state index is 0.496. The van der Waals surface area contributed by atoms with E-state index in [2.05, 4.69) is 21.0 Å². The Hall–Kier alpha value is -2.35. The molecular weight excluding hydrogens is 319 g/mol. The molecular formula is C16H10Cl2N4. The van der Waals surface area contributed by atoms with Crippen molar-refractivity contribution < 1.29 is 0 Å². The Balaban J connectivity index is 1.90. The van der Waals surface area contributed by atoms with Gasteiger partial charge in [-0.15, -0.1) is 0 Å². The molecule has 0 unspecified atom stereocenters. The first-order valence-corrected chi connectivity index (χ1v) is 7.26. The molecule has 1 aromatic carbocycles. The van der Waals surface area contributed by atoms with Crippen molar-refractivity contribution in [2.75, 3.05) is 0 Å². The monoisotopic (exact) mass is 328 g/mol. The predicted molar refractivity (Wildman–Crippen MR) is 85.8 cm³/mol. The number of halogens is 2. The summed E-state index contributed by atoms with van der Waals surface area (Å²) in [5.41, 5.74) is 2.69. The summed E-state index contributed by atoms with van der Waals surface area (Å²) in [6, 6.07) is 10.8. The standard InChI is InChI=1S/C16H10Cl2N4/c17-12-2-1-3-13(18)11(12)7-16-21-9-15(22-16)14-6-10(8-19)4-5-20-14/h1-6,9H,7H2,(H,21,22). The van der Waals surface area contributed by atoms with Crippen LogP contribution in [0, 0.1) is 11.3 Å². The molecule has 0 fully saturated rings. The van der Waals surface area contributed by atoms with Crippen LogP contribution in [0.2, 0.25) is 10.0 Å². The van der Waals surface area contributed by atoms with Crippen molar-refractivity contribution in [1.29, 1.82) is 5.26 Å². The summed E-state index contributed by atoms with van der Waals surface area (Å²) in [6.07, 6.45) is 3.84. The van der Waals surface area contributed by atoms with Crippen molar-refractivity contribution in [2.24, 2.45) is 0 Å². The van der Waals surface area contributed by atoms with Gasteiger partial charge < -0.3 is 4.98 Å². The molecule has 0 saturated heterocycles. The minimum atomic E-state index is 0.496. The van der Waals surface area contributed by atoms with Gasteiger partial charge in [-0.2, -0.15) is 5.26 Å². The minimum Gasteiger partial charge on any atom is -0.348 e. The summed E-state index contributed by atoms with van der Waals surface area (Å²) in [5, 5.41) is 10.1. The van der Waals surface area contributed by atoms with E-state index in [0.717, 1.165) is 11.4 Å². The van der Waals surface area contributed by atoms with Gasteiger partial charge in [0.1, 0.15) is 11.5 Å². The van der Waals surface area contributed by atoms with Gasteiger partial charge in [-0.1, -0.05) is 29.3 Å². The zero-order valence-electron chi connectivity index (χ0n) is 11.3. The summed E-state index contributed by atoms with van der Waals surface area (Å²) < 4.78 is 0. The third-order valence-corrected chi connectivity index (χ3v) is 3.90. The van der Waals surface area contributed by atoms with Crippen LogP contribution in [0.3, 0.4) is 0 Å². The second kappa shape index (κ2) is 6.18. The maximum atomic E-state index is 8.93. The third kappa shape index (κ3) is 2.96. The highest BCUT2D eigenvalue weighted by molar-refractivity contribution is 6.36. The molecule has 6 heteroatoms. The molecule has 22 heavy (non-hydrogen) atoms. The number of H-pyrrole nitrogens is 1. The number of aromatic nitrogens is 3. The average Bonchev–Trinajstić information content (AvgIpc) is 3.00. The zero-order chi connectivity index (χ0) is 15.5. The second-order valence-corrected chi connectivity index (χ2v) is 5.47. The topological polar surface area (TPSA) is 65.4 Å². The molecule has 2 heterocycles. The molecule has 0 radical (unpaired) electrons. The van der Waals surface area contributed by atoms with Crippen LogP contribution in [0.4, 0.5) is 0 Å². The highest BCUT2D eigenvalue weighted by atomic mass is 35.5. The fourth-order valence-electron chi connectivity index (χ4n) is 2.09. The van der Waals surface area contributed by atoms with Crippen LogP contribution >= 0.6 is 23.2 Å². The van der Waals surface area contributed by atoms with E-state index < -0.39 is 0 Å². The lowest BCUT2D eigenvalue weighted by Gasteiger charge is -2.04. The molecule has 0 atom stereocenters. The molecule has 0 spiro atoms. The van der Waals surface area contributed by atoms with Gasteiger partial charge in [-0.3, -0.25) is 4.98 Å². The number of rotatable bonds is 3. The Morgan fingerprint density at radius 1 is 1.14 bits per heavy atom. The number of hydrogen-bond acceptors (Lipinski definition) is 3. The molecule has 0 saturated carbocycles. The lowest BCUT2D eigenvalue weighted by Crippen LogP contribution is -1.93. The summed E-state index contributed by atoms with van der Waals surface area (Å²) in [6.45, 7) is 0. The quantitative estimate of drug-likeness (QED) is 0.781. The number of pyridine rings is 1. The summed E-state index contributed by atoms with van der Waals surface area (Å²) in [7, 11) is 0. The zero-order valence-corrected chi connectivity index (χ0v) is 12.9. The lowest BCUT2D eigenvalue weighted by atomic mass is 10.1. The fraction of sp³-hybridized carbons (Fsp3) is 0.0625. The van der Waals surface area contributed by atoms with E-state index in [9.17, 15) is 0 Å². The summed E-state index contributed by atoms with van der Waals surface area (Å²) in [5.74, 6) is 0.731. The van der Waals surface area contributed by atoms with Gasteiger partial charge in [0.15, 0.2) is 0 Å². The number of nitrogens with one attached hydrogen (secondary N) is 1. The molecule has 0 aliphatic heterocycles. The first-order chi connectivity index (χ1) is 10.7. The van der Waals surface area contributed by atoms with Gasteiger partial charge in [0, 0.05) is 28.9 Å². The van der Waals surface area contributed by atoms with Crippen LogP contribution in [0.15, 0.2) is 42.7 Å². The van der Waals surface area contributed by atoms with Crippen molar-refractivity contribution >= 4 is 23.2 Å². The Kier molecular flexibility index (Phi) is 4.10. The van der Waals surface area contributed by atoms with Crippen molar-refractivity contribution in [3.8, 4) is 17.5 Å². The highest BCUT2D eigenvalue weighted by Gasteiger charge is 2.11. The normalized spacial score (nSPS) is 10.4. The molecule has 2 aromatic heterocycles. The number of benzene rings is 1. The molecule has 0 bridgehead atoms. The van der Waals surface area contributed by atoms with Crippen LogP contribution in [0.25, 0.3) is 11.4 Å². The third-order valence-electron chi connectivity index (χ3n) is 3.19. The maximum absolute atomic E-state index is 8.93. The largest absolute Gasteiger partial charge is 0.348 e. The first kappa shape index (κ1) is 14.6. The molecule has 1 N–H and O–H groups in total. The fourth-order valence-corrected chi connectivity index (χ4v) is 2.62. The van der Waals surface area contributed by atoms with E-state index in [1.165, 1.54) is 0 Å². The molecule has 0 aliphatic rings. The van der Waals surface area contributed by atoms with Crippen LogP contribution in [0.5, 0.6) is 0 Å². The van der Waals surface area contributed by atoms with Crippen molar-refractivity contribution in [3.63, 3.8) is 0 Å². The Morgan fingerprint density at radius 3 is 2.64 bits per heavy atom. The van der Waals surface area contributed by atoms with Crippen LogP contribution in [-0.4, -0.2) is 15.0 Å². The van der Waals surface area contributed by atoms with E-state index in [1.54, 1.807) is 42.7 Å². The predicted octanol–water partition coefficient (Wildman–Crippen LogP) is 4.24. The molecule has 3 rings (SSSR count). The summed E-state index contributed by atoms with van der Waals surface area (Å²) >= 11 is 12.3. The molecule has 3 aromatic rings. The SMILES string of the molecule is N#Cc1ccnc(-c2c[nH]c(Cc3c(Cl)cccc3Cl)n2)c1. The smallest absolute Gasteiger partial charge is 0.111 e. The molecule has 0 aliphatic carbocycles. The van der Waals surface area contributed by atoms with Crippen LogP contribution < -0.4 is 0 Å². The number of imidazole rings is 1. The van der Waals surface area contributed by atoms with E-state index in [-0.39, 0.29) is 0 Å². The Labute approximate surface area is 137 Å². The van der Waals surface area contributed by atoms with Crippen molar-refractivity contribution in [3.05, 3.63) is 69.7 Å². The first-order valence-electron chi connectivity index (χ1n) is 6.51. The summed E-state index contributed by atoms with van der Waals surface area (Å²) in [4.78, 5) is 11.8. The van der Waals surface area contributed by atoms with Gasteiger partial charge in [-0.25, -0.2) is 4.98 Å². The molecule has 108 valence electrons. The second-order valence-electron chi connectivity index (χ2n) is 4.65. The van der Waals surface area contributed by atoms with Crippen molar-refractivity contribution in [2.45, 2.75) is 6.42 Å². The molecule has 0 amide bonds. The van der Waals surface area contributed by atoms with Gasteiger partial charge >= 0.3 is 0 Å². The van der Waals surface area contributed by atoms with E-state index in [0.29, 0.717) is 33.4 Å². The number of aromatic amines is 1. The van der Waals surface area contributed by atoms with Gasteiger partial charge in [-0.05, 0) is 29.8 Å². The average molecular weight is 329 g/mol. The van der Waals surface area contributed by atoms with Gasteiger partial charge in [0.05, 0.1) is 17.3 Å². The highest BCUT2D eigenvalue weighted by Crippen LogP contribution is 2.26. The van der Waals surface area contributed by atoms with Crippen molar-refractivity contribution in [1.82, 2.24) is 15.0 Å². The van der Waals surface area contributed by atoms with Gasteiger partial charge in [0.25, 0.3) is 0 Å². The Morgan fingerprint density at radius 2 is 1.91 bits per heavy atom. The van der Waals surface area contributed by atoms with E-state index in [1.807, 2.05) is 0 Å². The lowest BCUT2D eigenvalue weighted by molar-refractivity contribution is 1.03. The molecule has 4 nitrogen and oxygen atoms in total. The Bertz CT molecular complexity index is 844. The number of nitrogens with zero attached hydrogens (tertiary/aromatic N) is 3. The van der Waals surface area contributed by atoms with E-state index >= 15 is 0 Å². The number of hydrogen-bond donors (Lipinski definition) is 1. The van der Waals surface area contributed by atoms with E-state index in [4.69, 9.17) is 28.5 Å². The number of nitriles is 1.